The second-order valence-electron chi connectivity index (χ2n) is 4.54. The van der Waals surface area contributed by atoms with Gasteiger partial charge in [0.1, 0.15) is 0 Å². The van der Waals surface area contributed by atoms with Crippen molar-refractivity contribution in [2.24, 2.45) is 0 Å². The minimum atomic E-state index is -0.0975. The number of aliphatic hydroxyl groups is 1. The van der Waals surface area contributed by atoms with E-state index in [0.29, 0.717) is 12.1 Å². The second kappa shape index (κ2) is 3.95. The van der Waals surface area contributed by atoms with E-state index in [-0.39, 0.29) is 6.10 Å². The zero-order valence-corrected chi connectivity index (χ0v) is 8.37. The lowest BCUT2D eigenvalue weighted by Crippen LogP contribution is -2.60. The predicted octanol–water partition coefficient (Wildman–Crippen LogP) is 0.193. The summed E-state index contributed by atoms with van der Waals surface area (Å²) in [5.41, 5.74) is 0. The molecule has 2 N–H and O–H groups in total. The van der Waals surface area contributed by atoms with Gasteiger partial charge in [-0.2, -0.15) is 0 Å². The van der Waals surface area contributed by atoms with Gasteiger partial charge in [0.05, 0.1) is 6.10 Å². The molecule has 3 heteroatoms. The van der Waals surface area contributed by atoms with Crippen molar-refractivity contribution in [1.29, 1.82) is 0 Å². The Morgan fingerprint density at radius 1 is 1.23 bits per heavy atom. The second-order valence-corrected chi connectivity index (χ2v) is 4.54. The lowest BCUT2D eigenvalue weighted by molar-refractivity contribution is 0.0617. The van der Waals surface area contributed by atoms with E-state index >= 15 is 0 Å². The van der Waals surface area contributed by atoms with Gasteiger partial charge < -0.3 is 15.3 Å². The van der Waals surface area contributed by atoms with E-state index in [1.165, 1.54) is 12.8 Å². The van der Waals surface area contributed by atoms with Gasteiger partial charge in [0, 0.05) is 25.2 Å². The van der Waals surface area contributed by atoms with Gasteiger partial charge in [-0.1, -0.05) is 12.8 Å². The minimum Gasteiger partial charge on any atom is -0.392 e. The smallest absolute Gasteiger partial charge is 0.0693 e. The van der Waals surface area contributed by atoms with Crippen molar-refractivity contribution < 1.29 is 5.11 Å². The molecule has 1 aliphatic carbocycles. The molecule has 3 nitrogen and oxygen atoms in total. The Morgan fingerprint density at radius 2 is 1.92 bits per heavy atom. The lowest BCUT2D eigenvalue weighted by atomic mass is 9.91. The third-order valence-electron chi connectivity index (χ3n) is 3.24. The average molecular weight is 184 g/mol. The summed E-state index contributed by atoms with van der Waals surface area (Å²) in [6.45, 7) is 2.28. The fourth-order valence-electron chi connectivity index (χ4n) is 2.41. The highest BCUT2D eigenvalue weighted by atomic mass is 16.3. The molecule has 1 saturated carbocycles. The van der Waals surface area contributed by atoms with Gasteiger partial charge in [-0.15, -0.1) is 0 Å². The monoisotopic (exact) mass is 184 g/mol. The molecular weight excluding hydrogens is 164 g/mol. The Morgan fingerprint density at radius 3 is 2.54 bits per heavy atom. The molecule has 2 rings (SSSR count). The molecule has 2 unspecified atom stereocenters. The number of rotatable bonds is 2. The first-order chi connectivity index (χ1) is 6.25. The van der Waals surface area contributed by atoms with Crippen LogP contribution in [0.2, 0.25) is 0 Å². The number of nitrogens with one attached hydrogen (secondary N) is 1. The van der Waals surface area contributed by atoms with Crippen LogP contribution >= 0.6 is 0 Å². The van der Waals surface area contributed by atoms with E-state index in [1.54, 1.807) is 0 Å². The van der Waals surface area contributed by atoms with E-state index in [4.69, 9.17) is 0 Å². The molecule has 0 spiro atoms. The maximum absolute atomic E-state index is 9.73. The number of likely N-dealkylation sites (tertiary alicyclic amines) is 1. The van der Waals surface area contributed by atoms with E-state index in [0.717, 1.165) is 25.9 Å². The topological polar surface area (TPSA) is 35.5 Å². The average Bonchev–Trinajstić information content (AvgIpc) is 2.06. The Labute approximate surface area is 80.1 Å². The van der Waals surface area contributed by atoms with Crippen LogP contribution in [-0.2, 0) is 0 Å². The number of nitrogens with zero attached hydrogens (tertiary/aromatic N) is 1. The molecule has 13 heavy (non-hydrogen) atoms. The maximum atomic E-state index is 9.73. The van der Waals surface area contributed by atoms with Crippen LogP contribution in [0.4, 0.5) is 0 Å². The Kier molecular flexibility index (Phi) is 2.86. The molecule has 0 amide bonds. The first-order valence-electron chi connectivity index (χ1n) is 5.38. The van der Waals surface area contributed by atoms with Gasteiger partial charge in [-0.3, -0.25) is 0 Å². The van der Waals surface area contributed by atoms with Crippen LogP contribution in [0.3, 0.4) is 0 Å². The molecule has 1 aliphatic heterocycles. The molecule has 2 atom stereocenters. The van der Waals surface area contributed by atoms with Gasteiger partial charge in [-0.05, 0) is 19.9 Å². The van der Waals surface area contributed by atoms with Crippen LogP contribution < -0.4 is 5.32 Å². The summed E-state index contributed by atoms with van der Waals surface area (Å²) in [5, 5.41) is 13.3. The summed E-state index contributed by atoms with van der Waals surface area (Å²) < 4.78 is 0. The van der Waals surface area contributed by atoms with Crippen LogP contribution in [-0.4, -0.2) is 48.3 Å². The van der Waals surface area contributed by atoms with Crippen molar-refractivity contribution in [3.8, 4) is 0 Å². The molecule has 0 aromatic carbocycles. The SMILES string of the molecule is CN1CC(NC2CCCCC2O)C1. The summed E-state index contributed by atoms with van der Waals surface area (Å²) in [5.74, 6) is 0. The zero-order valence-electron chi connectivity index (χ0n) is 8.37. The molecule has 2 aliphatic rings. The first kappa shape index (κ1) is 9.44. The Balaban J connectivity index is 1.73. The Hall–Kier alpha value is -0.120. The molecule has 1 heterocycles. The molecule has 0 aromatic rings. The van der Waals surface area contributed by atoms with Crippen LogP contribution in [0.5, 0.6) is 0 Å². The van der Waals surface area contributed by atoms with Crippen molar-refractivity contribution in [2.45, 2.75) is 43.9 Å². The lowest BCUT2D eigenvalue weighted by Gasteiger charge is -2.41. The highest BCUT2D eigenvalue weighted by Crippen LogP contribution is 2.19. The van der Waals surface area contributed by atoms with E-state index in [9.17, 15) is 5.11 Å². The normalized spacial score (nSPS) is 37.4. The van der Waals surface area contributed by atoms with Crippen molar-refractivity contribution in [2.75, 3.05) is 20.1 Å². The van der Waals surface area contributed by atoms with E-state index in [2.05, 4.69) is 17.3 Å². The third-order valence-corrected chi connectivity index (χ3v) is 3.24. The number of likely N-dealkylation sites (N-methyl/N-ethyl adjacent to an activating group) is 1. The van der Waals surface area contributed by atoms with Crippen LogP contribution in [0.25, 0.3) is 0 Å². The number of aliphatic hydroxyl groups excluding tert-OH is 1. The summed E-state index contributed by atoms with van der Waals surface area (Å²) in [4.78, 5) is 2.30. The molecule has 76 valence electrons. The summed E-state index contributed by atoms with van der Waals surface area (Å²) in [6, 6.07) is 0.996. The van der Waals surface area contributed by atoms with Crippen molar-refractivity contribution >= 4 is 0 Å². The van der Waals surface area contributed by atoms with Gasteiger partial charge in [0.25, 0.3) is 0 Å². The van der Waals surface area contributed by atoms with Crippen molar-refractivity contribution in [1.82, 2.24) is 10.2 Å². The summed E-state index contributed by atoms with van der Waals surface area (Å²) in [7, 11) is 2.13. The van der Waals surface area contributed by atoms with Crippen LogP contribution in [0, 0.1) is 0 Å². The summed E-state index contributed by atoms with van der Waals surface area (Å²) >= 11 is 0. The molecule has 2 fully saturated rings. The van der Waals surface area contributed by atoms with Gasteiger partial charge in [0.15, 0.2) is 0 Å². The van der Waals surface area contributed by atoms with Gasteiger partial charge in [0.2, 0.25) is 0 Å². The molecular formula is C10H20N2O. The van der Waals surface area contributed by atoms with Crippen molar-refractivity contribution in [3.05, 3.63) is 0 Å². The minimum absolute atomic E-state index is 0.0975. The summed E-state index contributed by atoms with van der Waals surface area (Å²) in [6.07, 6.45) is 4.52. The highest BCUT2D eigenvalue weighted by molar-refractivity contribution is 4.90. The van der Waals surface area contributed by atoms with Gasteiger partial charge >= 0.3 is 0 Å². The standard InChI is InChI=1S/C10H20N2O/c1-12-6-8(7-12)11-9-4-2-3-5-10(9)13/h8-11,13H,2-7H2,1H3. The molecule has 1 saturated heterocycles. The van der Waals surface area contributed by atoms with E-state index in [1.807, 2.05) is 0 Å². The van der Waals surface area contributed by atoms with Crippen LogP contribution in [0.15, 0.2) is 0 Å². The van der Waals surface area contributed by atoms with E-state index < -0.39 is 0 Å². The zero-order chi connectivity index (χ0) is 9.26. The molecule has 0 radical (unpaired) electrons. The maximum Gasteiger partial charge on any atom is 0.0693 e. The largest absolute Gasteiger partial charge is 0.392 e. The fourth-order valence-corrected chi connectivity index (χ4v) is 2.41. The molecule has 0 aromatic heterocycles. The number of hydrogen-bond acceptors (Lipinski definition) is 3. The third kappa shape index (κ3) is 2.22. The quantitative estimate of drug-likeness (QED) is 0.643. The Bertz CT molecular complexity index is 168. The van der Waals surface area contributed by atoms with Crippen molar-refractivity contribution in [3.63, 3.8) is 0 Å². The first-order valence-corrected chi connectivity index (χ1v) is 5.38. The predicted molar refractivity (Wildman–Crippen MR) is 52.7 cm³/mol. The van der Waals surface area contributed by atoms with Crippen LogP contribution in [0.1, 0.15) is 25.7 Å². The highest BCUT2D eigenvalue weighted by Gasteiger charge is 2.29. The fraction of sp³-hybridized carbons (Fsp3) is 1.00. The van der Waals surface area contributed by atoms with Gasteiger partial charge in [-0.25, -0.2) is 0 Å². The molecule has 0 bridgehead atoms. The number of hydrogen-bond donors (Lipinski definition) is 2.